The molecule has 0 aliphatic heterocycles. The van der Waals surface area contributed by atoms with Crippen LogP contribution in [0.4, 0.5) is 10.2 Å². The molecule has 0 saturated heterocycles. The van der Waals surface area contributed by atoms with Gasteiger partial charge in [-0.3, -0.25) is 9.48 Å². The summed E-state index contributed by atoms with van der Waals surface area (Å²) in [7, 11) is 0. The molecule has 2 aromatic carbocycles. The molecule has 0 aliphatic rings. The van der Waals surface area contributed by atoms with E-state index in [1.54, 1.807) is 29.1 Å². The maximum absolute atomic E-state index is 13.0. The first kappa shape index (κ1) is 18.8. The molecule has 0 unspecified atom stereocenters. The summed E-state index contributed by atoms with van der Waals surface area (Å²) in [5.74, 6) is 0.769. The van der Waals surface area contributed by atoms with Gasteiger partial charge in [0.1, 0.15) is 5.82 Å². The van der Waals surface area contributed by atoms with Gasteiger partial charge in [-0.25, -0.2) is 4.39 Å². The summed E-state index contributed by atoms with van der Waals surface area (Å²) in [4.78, 5) is 12.2. The molecule has 3 rings (SSSR count). The fourth-order valence-electron chi connectivity index (χ4n) is 2.93. The molecule has 27 heavy (non-hydrogen) atoms. The van der Waals surface area contributed by atoms with Gasteiger partial charge in [0.2, 0.25) is 5.91 Å². The Bertz CT molecular complexity index is 883. The Morgan fingerprint density at radius 2 is 1.63 bits per heavy atom. The van der Waals surface area contributed by atoms with Gasteiger partial charge in [-0.15, -0.1) is 0 Å². The van der Waals surface area contributed by atoms with E-state index in [1.807, 2.05) is 12.1 Å². The van der Waals surface area contributed by atoms with Crippen molar-refractivity contribution >= 4 is 11.7 Å². The van der Waals surface area contributed by atoms with E-state index in [9.17, 15) is 9.18 Å². The van der Waals surface area contributed by atoms with Crippen LogP contribution in [0.2, 0.25) is 0 Å². The number of nitrogens with zero attached hydrogens (tertiary/aromatic N) is 2. The van der Waals surface area contributed by atoms with Crippen LogP contribution in [-0.2, 0) is 24.2 Å². The van der Waals surface area contributed by atoms with Gasteiger partial charge in [-0.05, 0) is 41.2 Å². The molecule has 0 aliphatic carbocycles. The minimum atomic E-state index is -0.260. The highest BCUT2D eigenvalue weighted by Crippen LogP contribution is 2.12. The first-order chi connectivity index (χ1) is 13.0. The fraction of sp³-hybridized carbons (Fsp3) is 0.273. The summed E-state index contributed by atoms with van der Waals surface area (Å²) in [5, 5.41) is 7.17. The van der Waals surface area contributed by atoms with Gasteiger partial charge in [-0.2, -0.15) is 5.10 Å². The minimum Gasteiger partial charge on any atom is -0.309 e. The second-order valence-corrected chi connectivity index (χ2v) is 7.16. The quantitative estimate of drug-likeness (QED) is 0.672. The van der Waals surface area contributed by atoms with Gasteiger partial charge in [0.15, 0.2) is 5.82 Å². The van der Waals surface area contributed by atoms with Gasteiger partial charge in [0.25, 0.3) is 0 Å². The first-order valence-corrected chi connectivity index (χ1v) is 9.13. The predicted octanol–water partition coefficient (Wildman–Crippen LogP) is 4.45. The fourth-order valence-corrected chi connectivity index (χ4v) is 2.93. The number of benzene rings is 2. The SMILES string of the molecule is CC(C)Cc1ccc(CC(=O)Nc2ccn(Cc3ccc(F)cc3)n2)cc1. The highest BCUT2D eigenvalue weighted by molar-refractivity contribution is 5.91. The lowest BCUT2D eigenvalue weighted by Gasteiger charge is -2.07. The molecule has 1 N–H and O–H groups in total. The van der Waals surface area contributed by atoms with Crippen molar-refractivity contribution < 1.29 is 9.18 Å². The van der Waals surface area contributed by atoms with Crippen LogP contribution in [0, 0.1) is 11.7 Å². The summed E-state index contributed by atoms with van der Waals surface area (Å²) in [6.07, 6.45) is 3.14. The largest absolute Gasteiger partial charge is 0.309 e. The van der Waals surface area contributed by atoms with E-state index >= 15 is 0 Å². The third-order valence-electron chi connectivity index (χ3n) is 4.20. The van der Waals surface area contributed by atoms with E-state index in [0.29, 0.717) is 24.7 Å². The van der Waals surface area contributed by atoms with Crippen LogP contribution in [-0.4, -0.2) is 15.7 Å². The molecule has 3 aromatic rings. The zero-order valence-electron chi connectivity index (χ0n) is 15.7. The highest BCUT2D eigenvalue weighted by Gasteiger charge is 2.07. The number of carbonyl (C=O) groups excluding carboxylic acids is 1. The number of hydrogen-bond donors (Lipinski definition) is 1. The van der Waals surface area contributed by atoms with Gasteiger partial charge >= 0.3 is 0 Å². The molecule has 4 nitrogen and oxygen atoms in total. The summed E-state index contributed by atoms with van der Waals surface area (Å²) in [5.41, 5.74) is 3.21. The molecular weight excluding hydrogens is 341 g/mol. The van der Waals surface area contributed by atoms with Crippen molar-refractivity contribution in [2.45, 2.75) is 33.2 Å². The Kier molecular flexibility index (Phi) is 6.01. The molecule has 0 spiro atoms. The van der Waals surface area contributed by atoms with E-state index in [2.05, 4.69) is 36.4 Å². The lowest BCUT2D eigenvalue weighted by molar-refractivity contribution is -0.115. The van der Waals surface area contributed by atoms with Crippen LogP contribution < -0.4 is 5.32 Å². The molecule has 140 valence electrons. The Labute approximate surface area is 159 Å². The monoisotopic (exact) mass is 365 g/mol. The minimum absolute atomic E-state index is 0.0985. The lowest BCUT2D eigenvalue weighted by Crippen LogP contribution is -2.15. The summed E-state index contributed by atoms with van der Waals surface area (Å²) < 4.78 is 14.7. The third kappa shape index (κ3) is 5.78. The van der Waals surface area contributed by atoms with E-state index in [-0.39, 0.29) is 11.7 Å². The summed E-state index contributed by atoms with van der Waals surface area (Å²) in [6, 6.07) is 16.2. The molecule has 1 aromatic heterocycles. The molecule has 0 saturated carbocycles. The Hall–Kier alpha value is -2.95. The number of carbonyl (C=O) groups is 1. The number of amides is 1. The van der Waals surface area contributed by atoms with Crippen molar-refractivity contribution in [3.8, 4) is 0 Å². The van der Waals surface area contributed by atoms with E-state index in [0.717, 1.165) is 17.5 Å². The molecular formula is C22H24FN3O. The normalized spacial score (nSPS) is 11.0. The Morgan fingerprint density at radius 1 is 1.00 bits per heavy atom. The molecule has 0 fully saturated rings. The van der Waals surface area contributed by atoms with Crippen LogP contribution in [0.3, 0.4) is 0 Å². The number of nitrogens with one attached hydrogen (secondary N) is 1. The van der Waals surface area contributed by atoms with Crippen molar-refractivity contribution in [2.24, 2.45) is 5.92 Å². The molecule has 0 radical (unpaired) electrons. The number of halogens is 1. The zero-order valence-corrected chi connectivity index (χ0v) is 15.7. The Morgan fingerprint density at radius 3 is 2.30 bits per heavy atom. The summed E-state index contributed by atoms with van der Waals surface area (Å²) >= 11 is 0. The Balaban J connectivity index is 1.53. The van der Waals surface area contributed by atoms with E-state index in [4.69, 9.17) is 0 Å². The van der Waals surface area contributed by atoms with Gasteiger partial charge in [0.05, 0.1) is 13.0 Å². The number of anilines is 1. The van der Waals surface area contributed by atoms with Crippen LogP contribution >= 0.6 is 0 Å². The van der Waals surface area contributed by atoms with Gasteiger partial charge < -0.3 is 5.32 Å². The smallest absolute Gasteiger partial charge is 0.229 e. The van der Waals surface area contributed by atoms with E-state index in [1.165, 1.54) is 17.7 Å². The molecule has 1 amide bonds. The zero-order chi connectivity index (χ0) is 19.2. The highest BCUT2D eigenvalue weighted by atomic mass is 19.1. The molecule has 0 atom stereocenters. The summed E-state index contributed by atoms with van der Waals surface area (Å²) in [6.45, 7) is 4.90. The molecule has 1 heterocycles. The second kappa shape index (κ2) is 8.62. The van der Waals surface area contributed by atoms with Gasteiger partial charge in [-0.1, -0.05) is 50.2 Å². The number of aromatic nitrogens is 2. The van der Waals surface area contributed by atoms with Crippen molar-refractivity contribution in [1.29, 1.82) is 0 Å². The maximum atomic E-state index is 13.0. The van der Waals surface area contributed by atoms with Crippen molar-refractivity contribution in [1.82, 2.24) is 9.78 Å². The van der Waals surface area contributed by atoms with Crippen molar-refractivity contribution in [3.05, 3.63) is 83.3 Å². The van der Waals surface area contributed by atoms with E-state index < -0.39 is 0 Å². The second-order valence-electron chi connectivity index (χ2n) is 7.16. The van der Waals surface area contributed by atoms with Crippen molar-refractivity contribution in [3.63, 3.8) is 0 Å². The van der Waals surface area contributed by atoms with Crippen LogP contribution in [0.5, 0.6) is 0 Å². The average molecular weight is 365 g/mol. The molecule has 0 bridgehead atoms. The number of hydrogen-bond acceptors (Lipinski definition) is 2. The predicted molar refractivity (Wildman–Crippen MR) is 105 cm³/mol. The van der Waals surface area contributed by atoms with Crippen molar-refractivity contribution in [2.75, 3.05) is 5.32 Å². The first-order valence-electron chi connectivity index (χ1n) is 9.13. The van der Waals surface area contributed by atoms with Gasteiger partial charge in [0, 0.05) is 12.3 Å². The lowest BCUT2D eigenvalue weighted by atomic mass is 10.0. The average Bonchev–Trinajstić information content (AvgIpc) is 3.05. The standard InChI is InChI=1S/C22H24FN3O/c1-16(2)13-17-3-5-18(6-4-17)14-22(27)24-21-11-12-26(25-21)15-19-7-9-20(23)10-8-19/h3-12,16H,13-15H2,1-2H3,(H,24,25,27). The molecule has 5 heteroatoms. The van der Waals surface area contributed by atoms with Crippen LogP contribution in [0.1, 0.15) is 30.5 Å². The number of rotatable bonds is 7. The third-order valence-corrected chi connectivity index (χ3v) is 4.20. The maximum Gasteiger partial charge on any atom is 0.229 e. The van der Waals surface area contributed by atoms with Crippen LogP contribution in [0.15, 0.2) is 60.8 Å². The topological polar surface area (TPSA) is 46.9 Å². The van der Waals surface area contributed by atoms with Crippen LogP contribution in [0.25, 0.3) is 0 Å².